The van der Waals surface area contributed by atoms with Crippen molar-refractivity contribution in [2.24, 2.45) is 0 Å². The lowest BCUT2D eigenvalue weighted by atomic mass is 9.89. The minimum atomic E-state index is -0.879. The van der Waals surface area contributed by atoms with Crippen molar-refractivity contribution in [1.82, 2.24) is 5.32 Å². The maximum absolute atomic E-state index is 13.8. The van der Waals surface area contributed by atoms with Crippen LogP contribution < -0.4 is 11.1 Å². The molecule has 0 unspecified atom stereocenters. The van der Waals surface area contributed by atoms with Gasteiger partial charge in [-0.3, -0.25) is 4.79 Å². The maximum Gasteiger partial charge on any atom is 0.254 e. The van der Waals surface area contributed by atoms with Gasteiger partial charge in [-0.2, -0.15) is 0 Å². The average molecular weight is 270 g/mol. The van der Waals surface area contributed by atoms with Crippen LogP contribution in [-0.2, 0) is 0 Å². The van der Waals surface area contributed by atoms with Crippen molar-refractivity contribution >= 4 is 11.6 Å². The first-order chi connectivity index (χ1) is 8.89. The molecule has 1 aromatic rings. The standard InChI is InChI=1S/C14H20F2N2O/c1-4-14(5-2,6-3)18-13(19)10-7-9(15)8-11(17)12(10)16/h7-8H,4-6,17H2,1-3H3,(H,18,19). The molecule has 0 atom stereocenters. The summed E-state index contributed by atoms with van der Waals surface area (Å²) in [6.07, 6.45) is 2.16. The molecule has 3 N–H and O–H groups in total. The van der Waals surface area contributed by atoms with E-state index in [2.05, 4.69) is 5.32 Å². The van der Waals surface area contributed by atoms with E-state index >= 15 is 0 Å². The van der Waals surface area contributed by atoms with Gasteiger partial charge in [-0.15, -0.1) is 0 Å². The van der Waals surface area contributed by atoms with Crippen LogP contribution in [0.3, 0.4) is 0 Å². The van der Waals surface area contributed by atoms with E-state index in [1.807, 2.05) is 20.8 Å². The first-order valence-electron chi connectivity index (χ1n) is 6.46. The normalized spacial score (nSPS) is 11.4. The number of nitrogens with two attached hydrogens (primary N) is 1. The molecule has 3 nitrogen and oxygen atoms in total. The minimum absolute atomic E-state index is 0.350. The van der Waals surface area contributed by atoms with Crippen LogP contribution >= 0.6 is 0 Å². The molecule has 0 spiro atoms. The molecule has 19 heavy (non-hydrogen) atoms. The van der Waals surface area contributed by atoms with Crippen LogP contribution in [0.1, 0.15) is 50.4 Å². The summed E-state index contributed by atoms with van der Waals surface area (Å²) in [6.45, 7) is 5.84. The molecular weight excluding hydrogens is 250 g/mol. The molecular formula is C14H20F2N2O. The summed E-state index contributed by atoms with van der Waals surface area (Å²) in [4.78, 5) is 12.1. The number of nitrogens with one attached hydrogen (secondary N) is 1. The molecule has 0 aliphatic heterocycles. The van der Waals surface area contributed by atoms with Gasteiger partial charge in [0.15, 0.2) is 5.82 Å². The van der Waals surface area contributed by atoms with Crippen molar-refractivity contribution in [3.8, 4) is 0 Å². The molecule has 0 aromatic heterocycles. The first kappa shape index (κ1) is 15.4. The van der Waals surface area contributed by atoms with E-state index in [1.54, 1.807) is 0 Å². The quantitative estimate of drug-likeness (QED) is 0.807. The molecule has 0 radical (unpaired) electrons. The monoisotopic (exact) mass is 270 g/mol. The second kappa shape index (κ2) is 5.99. The molecule has 0 fully saturated rings. The van der Waals surface area contributed by atoms with Crippen molar-refractivity contribution in [2.75, 3.05) is 5.73 Å². The molecule has 5 heteroatoms. The fourth-order valence-electron chi connectivity index (χ4n) is 2.10. The Labute approximate surface area is 112 Å². The molecule has 1 aromatic carbocycles. The number of hydrogen-bond acceptors (Lipinski definition) is 2. The lowest BCUT2D eigenvalue weighted by molar-refractivity contribution is 0.0883. The topological polar surface area (TPSA) is 55.1 Å². The van der Waals surface area contributed by atoms with E-state index in [1.165, 1.54) is 0 Å². The molecule has 0 bridgehead atoms. The van der Waals surface area contributed by atoms with Crippen LogP contribution in [0, 0.1) is 11.6 Å². The van der Waals surface area contributed by atoms with Gasteiger partial charge >= 0.3 is 0 Å². The Morgan fingerprint density at radius 2 is 1.74 bits per heavy atom. The van der Waals surface area contributed by atoms with Crippen LogP contribution in [0.15, 0.2) is 12.1 Å². The van der Waals surface area contributed by atoms with Gasteiger partial charge in [0, 0.05) is 5.54 Å². The van der Waals surface area contributed by atoms with Crippen molar-refractivity contribution in [1.29, 1.82) is 0 Å². The Kier molecular flexibility index (Phi) is 4.86. The fourth-order valence-corrected chi connectivity index (χ4v) is 2.10. The number of halogens is 2. The third-order valence-corrected chi connectivity index (χ3v) is 3.72. The molecule has 0 heterocycles. The maximum atomic E-state index is 13.8. The lowest BCUT2D eigenvalue weighted by Gasteiger charge is -2.31. The SMILES string of the molecule is CCC(CC)(CC)NC(=O)c1cc(F)cc(N)c1F. The number of nitrogen functional groups attached to an aromatic ring is 1. The molecule has 0 saturated carbocycles. The van der Waals surface area contributed by atoms with Crippen molar-refractivity contribution in [3.05, 3.63) is 29.3 Å². The Hall–Kier alpha value is -1.65. The fraction of sp³-hybridized carbons (Fsp3) is 0.500. The highest BCUT2D eigenvalue weighted by Gasteiger charge is 2.28. The van der Waals surface area contributed by atoms with Gasteiger partial charge < -0.3 is 11.1 Å². The number of carbonyl (C=O) groups is 1. The third kappa shape index (κ3) is 3.22. The Balaban J connectivity index is 3.08. The van der Waals surface area contributed by atoms with E-state index in [4.69, 9.17) is 5.73 Å². The largest absolute Gasteiger partial charge is 0.396 e. The highest BCUT2D eigenvalue weighted by molar-refractivity contribution is 5.95. The molecule has 1 rings (SSSR count). The van der Waals surface area contributed by atoms with Crippen LogP contribution in [0.4, 0.5) is 14.5 Å². The van der Waals surface area contributed by atoms with Gasteiger partial charge in [-0.05, 0) is 31.4 Å². The summed E-state index contributed by atoms with van der Waals surface area (Å²) in [5.74, 6) is -2.23. The number of benzene rings is 1. The molecule has 0 aliphatic rings. The highest BCUT2D eigenvalue weighted by Crippen LogP contribution is 2.22. The highest BCUT2D eigenvalue weighted by atomic mass is 19.1. The van der Waals surface area contributed by atoms with Gasteiger partial charge in [-0.1, -0.05) is 20.8 Å². The summed E-state index contributed by atoms with van der Waals surface area (Å²) in [6, 6.07) is 1.73. The van der Waals surface area contributed by atoms with Gasteiger partial charge in [-0.25, -0.2) is 8.78 Å². The van der Waals surface area contributed by atoms with Crippen LogP contribution in [0.5, 0.6) is 0 Å². The number of anilines is 1. The first-order valence-corrected chi connectivity index (χ1v) is 6.46. The third-order valence-electron chi connectivity index (χ3n) is 3.72. The lowest BCUT2D eigenvalue weighted by Crippen LogP contribution is -2.47. The Morgan fingerprint density at radius 3 is 2.21 bits per heavy atom. The second-order valence-electron chi connectivity index (χ2n) is 4.65. The molecule has 106 valence electrons. The number of amides is 1. The van der Waals surface area contributed by atoms with Crippen LogP contribution in [0.25, 0.3) is 0 Å². The molecule has 1 amide bonds. The zero-order valence-electron chi connectivity index (χ0n) is 11.5. The van der Waals surface area contributed by atoms with Crippen molar-refractivity contribution < 1.29 is 13.6 Å². The molecule has 0 aliphatic carbocycles. The summed E-state index contributed by atoms with van der Waals surface area (Å²) in [7, 11) is 0. The number of carbonyl (C=O) groups excluding carboxylic acids is 1. The van der Waals surface area contributed by atoms with Crippen molar-refractivity contribution in [2.45, 2.75) is 45.6 Å². The summed E-state index contributed by atoms with van der Waals surface area (Å²) >= 11 is 0. The predicted octanol–water partition coefficient (Wildman–Crippen LogP) is 3.25. The van der Waals surface area contributed by atoms with E-state index in [0.717, 1.165) is 31.4 Å². The Morgan fingerprint density at radius 1 is 1.21 bits per heavy atom. The minimum Gasteiger partial charge on any atom is -0.396 e. The Bertz CT molecular complexity index is 462. The van der Waals surface area contributed by atoms with Gasteiger partial charge in [0.2, 0.25) is 0 Å². The van der Waals surface area contributed by atoms with E-state index < -0.39 is 23.1 Å². The van der Waals surface area contributed by atoms with Crippen molar-refractivity contribution in [3.63, 3.8) is 0 Å². The summed E-state index contributed by atoms with van der Waals surface area (Å²) in [5.41, 5.74) is 4.22. The zero-order chi connectivity index (χ0) is 14.6. The average Bonchev–Trinajstić information content (AvgIpc) is 2.40. The zero-order valence-corrected chi connectivity index (χ0v) is 11.5. The van der Waals surface area contributed by atoms with E-state index in [0.29, 0.717) is 0 Å². The van der Waals surface area contributed by atoms with Crippen LogP contribution in [0.2, 0.25) is 0 Å². The second-order valence-corrected chi connectivity index (χ2v) is 4.65. The predicted molar refractivity (Wildman–Crippen MR) is 71.8 cm³/mol. The van der Waals surface area contributed by atoms with Gasteiger partial charge in [0.25, 0.3) is 5.91 Å². The van der Waals surface area contributed by atoms with E-state index in [-0.39, 0.29) is 11.3 Å². The van der Waals surface area contributed by atoms with Crippen LogP contribution in [-0.4, -0.2) is 11.4 Å². The number of hydrogen-bond donors (Lipinski definition) is 2. The summed E-state index contributed by atoms with van der Waals surface area (Å²) in [5, 5.41) is 2.79. The smallest absolute Gasteiger partial charge is 0.254 e. The van der Waals surface area contributed by atoms with E-state index in [9.17, 15) is 13.6 Å². The van der Waals surface area contributed by atoms with Gasteiger partial charge in [0.05, 0.1) is 11.3 Å². The van der Waals surface area contributed by atoms with Gasteiger partial charge in [0.1, 0.15) is 5.82 Å². The molecule has 0 saturated heterocycles. The number of rotatable bonds is 5. The summed E-state index contributed by atoms with van der Waals surface area (Å²) < 4.78 is 27.0.